The number of halogens is 1. The first-order valence-electron chi connectivity index (χ1n) is 9.77. The maximum Gasteiger partial charge on any atom is 0.286 e. The predicted octanol–water partition coefficient (Wildman–Crippen LogP) is 2.55. The fourth-order valence-electron chi connectivity index (χ4n) is 3.91. The number of amides is 1. The van der Waals surface area contributed by atoms with Crippen LogP contribution in [-0.2, 0) is 13.1 Å². The molecular formula is C22H25FN3O2+. The van der Waals surface area contributed by atoms with Gasteiger partial charge in [-0.3, -0.25) is 4.79 Å². The second-order valence-electron chi connectivity index (χ2n) is 7.22. The number of furan rings is 1. The van der Waals surface area contributed by atoms with E-state index in [0.29, 0.717) is 18.8 Å². The number of aromatic nitrogens is 1. The maximum absolute atomic E-state index is 13.4. The van der Waals surface area contributed by atoms with Gasteiger partial charge < -0.3 is 19.2 Å². The highest BCUT2D eigenvalue weighted by Crippen LogP contribution is 2.23. The van der Waals surface area contributed by atoms with Gasteiger partial charge in [0.25, 0.3) is 5.91 Å². The standard InChI is InChI=1S/C22H24FN3O2/c1-2-11-24-22(27)20-10-9-18(28-20)15-26-14-13-25-12-3-4-19(25)21(26)16-5-7-17(23)8-6-16/h3-10,12,21H,2,11,13-15H2,1H3,(H,24,27)/p+1/t21-/m0/s1. The number of nitrogens with one attached hydrogen (secondary N) is 2. The number of nitrogens with zero attached hydrogens (tertiary/aromatic N) is 1. The Bertz CT molecular complexity index is 945. The lowest BCUT2D eigenvalue weighted by Gasteiger charge is -2.33. The highest BCUT2D eigenvalue weighted by Gasteiger charge is 2.33. The van der Waals surface area contributed by atoms with E-state index in [-0.39, 0.29) is 17.8 Å². The van der Waals surface area contributed by atoms with Crippen molar-refractivity contribution in [1.29, 1.82) is 0 Å². The first kappa shape index (κ1) is 18.5. The van der Waals surface area contributed by atoms with Crippen LogP contribution in [0.2, 0.25) is 0 Å². The highest BCUT2D eigenvalue weighted by atomic mass is 19.1. The summed E-state index contributed by atoms with van der Waals surface area (Å²) in [7, 11) is 0. The van der Waals surface area contributed by atoms with Crippen LogP contribution in [0.4, 0.5) is 4.39 Å². The van der Waals surface area contributed by atoms with Crippen molar-refractivity contribution < 1.29 is 18.5 Å². The molecule has 0 saturated heterocycles. The van der Waals surface area contributed by atoms with E-state index < -0.39 is 0 Å². The van der Waals surface area contributed by atoms with Crippen LogP contribution in [0.3, 0.4) is 0 Å². The SMILES string of the molecule is CCCNC(=O)c1ccc(C[NH+]2CCn3cccc3[C@@H]2c2ccc(F)cc2)o1. The van der Waals surface area contributed by atoms with Crippen molar-refractivity contribution in [2.45, 2.75) is 32.5 Å². The average Bonchev–Trinajstić information content (AvgIpc) is 3.36. The quantitative estimate of drug-likeness (QED) is 0.688. The Balaban J connectivity index is 1.57. The fourth-order valence-corrected chi connectivity index (χ4v) is 3.91. The lowest BCUT2D eigenvalue weighted by Crippen LogP contribution is -3.12. The Morgan fingerprint density at radius 3 is 2.86 bits per heavy atom. The third-order valence-electron chi connectivity index (χ3n) is 5.27. The van der Waals surface area contributed by atoms with Crippen LogP contribution in [0, 0.1) is 5.82 Å². The van der Waals surface area contributed by atoms with Crippen molar-refractivity contribution in [3.05, 3.63) is 83.3 Å². The normalized spacial score (nSPS) is 18.6. The summed E-state index contributed by atoms with van der Waals surface area (Å²) in [6, 6.07) is 14.6. The van der Waals surface area contributed by atoms with Crippen molar-refractivity contribution in [1.82, 2.24) is 9.88 Å². The molecule has 3 heterocycles. The molecule has 1 amide bonds. The summed E-state index contributed by atoms with van der Waals surface area (Å²) in [6.07, 6.45) is 2.97. The van der Waals surface area contributed by atoms with Crippen LogP contribution in [0.1, 0.15) is 47.0 Å². The molecule has 0 bridgehead atoms. The number of rotatable bonds is 6. The van der Waals surface area contributed by atoms with Gasteiger partial charge in [0.05, 0.1) is 18.8 Å². The molecular weight excluding hydrogens is 357 g/mol. The lowest BCUT2D eigenvalue weighted by atomic mass is 9.99. The molecule has 1 aliphatic rings. The van der Waals surface area contributed by atoms with Gasteiger partial charge in [0.1, 0.15) is 12.4 Å². The van der Waals surface area contributed by atoms with Crippen LogP contribution in [-0.4, -0.2) is 23.6 Å². The second kappa shape index (κ2) is 8.02. The number of hydrogen-bond acceptors (Lipinski definition) is 2. The van der Waals surface area contributed by atoms with Gasteiger partial charge >= 0.3 is 0 Å². The highest BCUT2D eigenvalue weighted by molar-refractivity contribution is 5.91. The molecule has 28 heavy (non-hydrogen) atoms. The smallest absolute Gasteiger partial charge is 0.286 e. The number of benzene rings is 1. The van der Waals surface area contributed by atoms with E-state index in [9.17, 15) is 9.18 Å². The molecule has 146 valence electrons. The van der Waals surface area contributed by atoms with E-state index in [1.54, 1.807) is 6.07 Å². The second-order valence-corrected chi connectivity index (χ2v) is 7.22. The fraction of sp³-hybridized carbons (Fsp3) is 0.318. The third-order valence-corrected chi connectivity index (χ3v) is 5.27. The minimum Gasteiger partial charge on any atom is -0.450 e. The van der Waals surface area contributed by atoms with Crippen LogP contribution in [0.5, 0.6) is 0 Å². The van der Waals surface area contributed by atoms with Crippen LogP contribution in [0.25, 0.3) is 0 Å². The molecule has 1 unspecified atom stereocenters. The number of quaternary nitrogens is 1. The van der Waals surface area contributed by atoms with Crippen LogP contribution < -0.4 is 10.2 Å². The monoisotopic (exact) mass is 382 g/mol. The summed E-state index contributed by atoms with van der Waals surface area (Å²) < 4.78 is 21.5. The first-order valence-corrected chi connectivity index (χ1v) is 9.77. The third kappa shape index (κ3) is 3.73. The van der Waals surface area contributed by atoms with Crippen molar-refractivity contribution in [3.63, 3.8) is 0 Å². The zero-order valence-corrected chi connectivity index (χ0v) is 16.0. The molecule has 1 aliphatic heterocycles. The number of fused-ring (bicyclic) bond motifs is 1. The molecule has 2 N–H and O–H groups in total. The van der Waals surface area contributed by atoms with E-state index in [2.05, 4.69) is 28.2 Å². The zero-order valence-electron chi connectivity index (χ0n) is 16.0. The summed E-state index contributed by atoms with van der Waals surface area (Å²) >= 11 is 0. The van der Waals surface area contributed by atoms with Gasteiger partial charge in [0.2, 0.25) is 0 Å². The molecule has 0 spiro atoms. The van der Waals surface area contributed by atoms with E-state index >= 15 is 0 Å². The molecule has 0 fully saturated rings. The number of hydrogen-bond donors (Lipinski definition) is 2. The van der Waals surface area contributed by atoms with Crippen molar-refractivity contribution in [3.8, 4) is 0 Å². The van der Waals surface area contributed by atoms with Crippen molar-refractivity contribution >= 4 is 5.91 Å². The van der Waals surface area contributed by atoms with E-state index in [1.807, 2.05) is 25.1 Å². The number of carbonyl (C=O) groups is 1. The van der Waals surface area contributed by atoms with Gasteiger partial charge in [-0.2, -0.15) is 0 Å². The summed E-state index contributed by atoms with van der Waals surface area (Å²) in [5.74, 6) is 0.723. The van der Waals surface area contributed by atoms with Gasteiger partial charge in [0.15, 0.2) is 17.6 Å². The zero-order chi connectivity index (χ0) is 19.5. The molecule has 3 aromatic rings. The van der Waals surface area contributed by atoms with E-state index in [0.717, 1.165) is 30.8 Å². The Labute approximate surface area is 163 Å². The molecule has 1 aromatic carbocycles. The molecule has 0 saturated carbocycles. The number of carbonyl (C=O) groups excluding carboxylic acids is 1. The minimum atomic E-state index is -0.231. The van der Waals surface area contributed by atoms with Gasteiger partial charge in [-0.05, 0) is 55.0 Å². The van der Waals surface area contributed by atoms with Crippen LogP contribution >= 0.6 is 0 Å². The summed E-state index contributed by atoms with van der Waals surface area (Å²) in [5.41, 5.74) is 2.28. The first-order chi connectivity index (χ1) is 13.7. The van der Waals surface area contributed by atoms with E-state index in [4.69, 9.17) is 4.42 Å². The van der Waals surface area contributed by atoms with Crippen molar-refractivity contribution in [2.24, 2.45) is 0 Å². The Kier molecular flexibility index (Phi) is 5.30. The molecule has 0 radical (unpaired) electrons. The summed E-state index contributed by atoms with van der Waals surface area (Å²) in [5, 5.41) is 2.84. The van der Waals surface area contributed by atoms with Gasteiger partial charge in [-0.25, -0.2) is 4.39 Å². The largest absolute Gasteiger partial charge is 0.450 e. The molecule has 2 aromatic heterocycles. The Morgan fingerprint density at radius 2 is 2.07 bits per heavy atom. The van der Waals surface area contributed by atoms with E-state index in [1.165, 1.54) is 22.7 Å². The summed E-state index contributed by atoms with van der Waals surface area (Å²) in [4.78, 5) is 13.4. The van der Waals surface area contributed by atoms with Gasteiger partial charge in [-0.1, -0.05) is 6.92 Å². The Morgan fingerprint density at radius 1 is 1.25 bits per heavy atom. The molecule has 5 nitrogen and oxygen atoms in total. The lowest BCUT2D eigenvalue weighted by molar-refractivity contribution is -0.944. The Hall–Kier alpha value is -2.86. The summed E-state index contributed by atoms with van der Waals surface area (Å²) in [6.45, 7) is 5.14. The van der Waals surface area contributed by atoms with Gasteiger partial charge in [-0.15, -0.1) is 0 Å². The molecule has 2 atom stereocenters. The topological polar surface area (TPSA) is 51.6 Å². The molecule has 0 aliphatic carbocycles. The average molecular weight is 382 g/mol. The maximum atomic E-state index is 13.4. The molecule has 4 rings (SSSR count). The minimum absolute atomic E-state index is 0.0896. The van der Waals surface area contributed by atoms with Gasteiger partial charge in [0, 0.05) is 18.3 Å². The molecule has 6 heteroatoms. The van der Waals surface area contributed by atoms with Crippen LogP contribution in [0.15, 0.2) is 59.1 Å². The van der Waals surface area contributed by atoms with Crippen molar-refractivity contribution in [2.75, 3.05) is 13.1 Å². The predicted molar refractivity (Wildman–Crippen MR) is 104 cm³/mol.